The highest BCUT2D eigenvalue weighted by Crippen LogP contribution is 2.24. The Morgan fingerprint density at radius 1 is 1.38 bits per heavy atom. The van der Waals surface area contributed by atoms with Crippen LogP contribution in [-0.4, -0.2) is 30.2 Å². The normalized spacial score (nSPS) is 26.5. The fourth-order valence-electron chi connectivity index (χ4n) is 1.88. The van der Waals surface area contributed by atoms with E-state index in [1.54, 1.807) is 0 Å². The van der Waals surface area contributed by atoms with Crippen molar-refractivity contribution in [2.45, 2.75) is 45.6 Å². The summed E-state index contributed by atoms with van der Waals surface area (Å²) in [7, 11) is 0. The van der Waals surface area contributed by atoms with Gasteiger partial charge in [-0.15, -0.1) is 0 Å². The zero-order valence-corrected chi connectivity index (χ0v) is 10.3. The van der Waals surface area contributed by atoms with E-state index in [2.05, 4.69) is 5.32 Å². The third-order valence-corrected chi connectivity index (χ3v) is 3.36. The van der Waals surface area contributed by atoms with Crippen LogP contribution in [0.15, 0.2) is 0 Å². The minimum atomic E-state index is -0.204. The van der Waals surface area contributed by atoms with Crippen LogP contribution in [-0.2, 0) is 4.79 Å². The molecule has 0 aromatic heterocycles. The molecule has 0 radical (unpaired) electrons. The zero-order valence-electron chi connectivity index (χ0n) is 10.3. The van der Waals surface area contributed by atoms with Gasteiger partial charge in [-0.3, -0.25) is 4.79 Å². The van der Waals surface area contributed by atoms with Crippen LogP contribution < -0.4 is 11.1 Å². The Labute approximate surface area is 97.6 Å². The van der Waals surface area contributed by atoms with Crippen molar-refractivity contribution in [3.63, 3.8) is 0 Å². The Bertz CT molecular complexity index is 233. The van der Waals surface area contributed by atoms with Crippen LogP contribution in [0.5, 0.6) is 0 Å². The molecule has 0 aliphatic heterocycles. The van der Waals surface area contributed by atoms with E-state index in [0.29, 0.717) is 13.1 Å². The van der Waals surface area contributed by atoms with Gasteiger partial charge in [0, 0.05) is 12.5 Å². The van der Waals surface area contributed by atoms with Gasteiger partial charge in [-0.05, 0) is 37.6 Å². The molecule has 0 saturated heterocycles. The van der Waals surface area contributed by atoms with Gasteiger partial charge < -0.3 is 16.2 Å². The number of nitrogens with one attached hydrogen (secondary N) is 1. The van der Waals surface area contributed by atoms with Crippen molar-refractivity contribution in [3.8, 4) is 0 Å². The molecule has 0 aromatic rings. The molecule has 16 heavy (non-hydrogen) atoms. The van der Waals surface area contributed by atoms with Gasteiger partial charge in [-0.25, -0.2) is 0 Å². The first-order chi connectivity index (χ1) is 7.44. The minimum absolute atomic E-state index is 0.0379. The van der Waals surface area contributed by atoms with E-state index in [1.165, 1.54) is 0 Å². The summed E-state index contributed by atoms with van der Waals surface area (Å²) in [6, 6.07) is 0. The van der Waals surface area contributed by atoms with Crippen LogP contribution in [0, 0.1) is 11.3 Å². The third kappa shape index (κ3) is 4.10. The van der Waals surface area contributed by atoms with E-state index >= 15 is 0 Å². The summed E-state index contributed by atoms with van der Waals surface area (Å²) < 4.78 is 0. The van der Waals surface area contributed by atoms with E-state index in [4.69, 9.17) is 5.73 Å². The summed E-state index contributed by atoms with van der Waals surface area (Å²) in [6.07, 6.45) is 2.90. The Morgan fingerprint density at radius 2 is 1.94 bits per heavy atom. The van der Waals surface area contributed by atoms with Gasteiger partial charge >= 0.3 is 0 Å². The molecule has 1 fully saturated rings. The van der Waals surface area contributed by atoms with Gasteiger partial charge in [0.15, 0.2) is 0 Å². The summed E-state index contributed by atoms with van der Waals surface area (Å²) in [5.74, 6) is 0.199. The van der Waals surface area contributed by atoms with E-state index in [-0.39, 0.29) is 23.3 Å². The predicted molar refractivity (Wildman–Crippen MR) is 63.8 cm³/mol. The Morgan fingerprint density at radius 3 is 2.44 bits per heavy atom. The van der Waals surface area contributed by atoms with E-state index in [0.717, 1.165) is 25.7 Å². The van der Waals surface area contributed by atoms with Crippen molar-refractivity contribution < 1.29 is 9.90 Å². The SMILES string of the molecule is CC(C)(CN)CNC(=O)[C@H]1CC[C@@H](O)CC1. The maximum atomic E-state index is 11.8. The molecule has 0 spiro atoms. The second-order valence-corrected chi connectivity index (χ2v) is 5.59. The molecule has 0 aromatic carbocycles. The quantitative estimate of drug-likeness (QED) is 0.661. The number of hydrogen-bond acceptors (Lipinski definition) is 3. The highest BCUT2D eigenvalue weighted by atomic mass is 16.3. The summed E-state index contributed by atoms with van der Waals surface area (Å²) in [5.41, 5.74) is 5.57. The average molecular weight is 228 g/mol. The van der Waals surface area contributed by atoms with Crippen LogP contribution in [0.1, 0.15) is 39.5 Å². The van der Waals surface area contributed by atoms with Gasteiger partial charge in [-0.1, -0.05) is 13.8 Å². The first kappa shape index (κ1) is 13.5. The van der Waals surface area contributed by atoms with Crippen LogP contribution in [0.4, 0.5) is 0 Å². The lowest BCUT2D eigenvalue weighted by Crippen LogP contribution is -2.41. The van der Waals surface area contributed by atoms with Crippen molar-refractivity contribution in [1.29, 1.82) is 0 Å². The fraction of sp³-hybridized carbons (Fsp3) is 0.917. The number of rotatable bonds is 4. The second kappa shape index (κ2) is 5.64. The fourth-order valence-corrected chi connectivity index (χ4v) is 1.88. The average Bonchev–Trinajstić information content (AvgIpc) is 2.27. The van der Waals surface area contributed by atoms with E-state index in [1.807, 2.05) is 13.8 Å². The lowest BCUT2D eigenvalue weighted by atomic mass is 9.86. The van der Waals surface area contributed by atoms with Crippen molar-refractivity contribution in [2.24, 2.45) is 17.1 Å². The lowest BCUT2D eigenvalue weighted by Gasteiger charge is -2.27. The van der Waals surface area contributed by atoms with E-state index < -0.39 is 0 Å². The molecular formula is C12H24N2O2. The van der Waals surface area contributed by atoms with Crippen LogP contribution in [0.25, 0.3) is 0 Å². The van der Waals surface area contributed by atoms with Gasteiger partial charge in [-0.2, -0.15) is 0 Å². The van der Waals surface area contributed by atoms with Crippen LogP contribution in [0.2, 0.25) is 0 Å². The van der Waals surface area contributed by atoms with Crippen LogP contribution in [0.3, 0.4) is 0 Å². The number of nitrogens with two attached hydrogens (primary N) is 1. The highest BCUT2D eigenvalue weighted by Gasteiger charge is 2.26. The molecule has 0 heterocycles. The van der Waals surface area contributed by atoms with Crippen molar-refractivity contribution in [1.82, 2.24) is 5.32 Å². The first-order valence-electron chi connectivity index (χ1n) is 6.10. The second-order valence-electron chi connectivity index (χ2n) is 5.59. The van der Waals surface area contributed by atoms with Crippen molar-refractivity contribution in [2.75, 3.05) is 13.1 Å². The maximum absolute atomic E-state index is 11.8. The third-order valence-electron chi connectivity index (χ3n) is 3.36. The molecular weight excluding hydrogens is 204 g/mol. The molecule has 4 nitrogen and oxygen atoms in total. The molecule has 4 heteroatoms. The number of carbonyl (C=O) groups excluding carboxylic acids is 1. The monoisotopic (exact) mass is 228 g/mol. The smallest absolute Gasteiger partial charge is 0.223 e. The molecule has 0 unspecified atom stereocenters. The number of aliphatic hydroxyl groups is 1. The summed E-state index contributed by atoms with van der Waals surface area (Å²) >= 11 is 0. The Hall–Kier alpha value is -0.610. The first-order valence-corrected chi connectivity index (χ1v) is 6.10. The largest absolute Gasteiger partial charge is 0.393 e. The minimum Gasteiger partial charge on any atom is -0.393 e. The number of hydrogen-bond donors (Lipinski definition) is 3. The van der Waals surface area contributed by atoms with Crippen LogP contribution >= 0.6 is 0 Å². The topological polar surface area (TPSA) is 75.3 Å². The molecule has 0 bridgehead atoms. The summed E-state index contributed by atoms with van der Waals surface area (Å²) in [5, 5.41) is 12.3. The number of amides is 1. The maximum Gasteiger partial charge on any atom is 0.223 e. The molecule has 1 amide bonds. The lowest BCUT2D eigenvalue weighted by molar-refractivity contribution is -0.127. The Balaban J connectivity index is 2.30. The molecule has 0 atom stereocenters. The molecule has 1 aliphatic rings. The van der Waals surface area contributed by atoms with Gasteiger partial charge in [0.25, 0.3) is 0 Å². The highest BCUT2D eigenvalue weighted by molar-refractivity contribution is 5.78. The van der Waals surface area contributed by atoms with Gasteiger partial charge in [0.05, 0.1) is 6.10 Å². The summed E-state index contributed by atoms with van der Waals surface area (Å²) in [4.78, 5) is 11.8. The van der Waals surface area contributed by atoms with Crippen molar-refractivity contribution in [3.05, 3.63) is 0 Å². The molecule has 1 rings (SSSR count). The van der Waals surface area contributed by atoms with E-state index in [9.17, 15) is 9.90 Å². The molecule has 94 valence electrons. The number of carbonyl (C=O) groups is 1. The molecule has 1 saturated carbocycles. The molecule has 1 aliphatic carbocycles. The van der Waals surface area contributed by atoms with Gasteiger partial charge in [0.2, 0.25) is 5.91 Å². The van der Waals surface area contributed by atoms with Crippen molar-refractivity contribution >= 4 is 5.91 Å². The standard InChI is InChI=1S/C12H24N2O2/c1-12(2,7-13)8-14-11(16)9-3-5-10(15)6-4-9/h9-10,15H,3-8,13H2,1-2H3,(H,14,16)/t9-,10+. The summed E-state index contributed by atoms with van der Waals surface area (Å²) in [6.45, 7) is 5.27. The Kier molecular flexibility index (Phi) is 4.74. The predicted octanol–water partition coefficient (Wildman–Crippen LogP) is 0.639. The molecule has 4 N–H and O–H groups in total. The number of aliphatic hydroxyl groups excluding tert-OH is 1. The zero-order chi connectivity index (χ0) is 12.2. The van der Waals surface area contributed by atoms with Gasteiger partial charge in [0.1, 0.15) is 0 Å².